The minimum atomic E-state index is -1.95. The summed E-state index contributed by atoms with van der Waals surface area (Å²) >= 11 is 0. The van der Waals surface area contributed by atoms with Gasteiger partial charge in [0.1, 0.15) is 6.04 Å². The van der Waals surface area contributed by atoms with Crippen LogP contribution in [0.2, 0.25) is 18.1 Å². The second-order valence-electron chi connectivity index (χ2n) is 7.15. The fourth-order valence-electron chi connectivity index (χ4n) is 2.32. The smallest absolute Gasteiger partial charge is 0.323 e. The van der Waals surface area contributed by atoms with E-state index in [0.717, 1.165) is 26.2 Å². The highest BCUT2D eigenvalue weighted by Crippen LogP contribution is 2.37. The molecule has 2 atom stereocenters. The molecule has 118 valence electrons. The number of nitrogens with zero attached hydrogens (tertiary/aromatic N) is 1. The van der Waals surface area contributed by atoms with Crippen molar-refractivity contribution in [1.29, 1.82) is 0 Å². The average Bonchev–Trinajstić information content (AvgIpc) is 2.27. The van der Waals surface area contributed by atoms with E-state index in [4.69, 9.17) is 4.43 Å². The number of hydrogen-bond acceptors (Lipinski definition) is 4. The molecule has 0 unspecified atom stereocenters. The lowest BCUT2D eigenvalue weighted by molar-refractivity contribution is -0.147. The van der Waals surface area contributed by atoms with E-state index in [9.17, 15) is 9.90 Å². The van der Waals surface area contributed by atoms with E-state index in [1.165, 1.54) is 0 Å². The van der Waals surface area contributed by atoms with E-state index in [1.807, 2.05) is 11.8 Å². The minimum absolute atomic E-state index is 0.0910. The molecule has 1 saturated heterocycles. The number of piperazine rings is 1. The van der Waals surface area contributed by atoms with Crippen molar-refractivity contribution < 1.29 is 14.3 Å². The van der Waals surface area contributed by atoms with Crippen molar-refractivity contribution in [3.63, 3.8) is 0 Å². The number of hydrogen-bond donors (Lipinski definition) is 2. The Morgan fingerprint density at radius 1 is 1.30 bits per heavy atom. The first-order chi connectivity index (χ1) is 9.06. The maximum absolute atomic E-state index is 11.6. The van der Waals surface area contributed by atoms with Crippen molar-refractivity contribution in [2.75, 3.05) is 26.2 Å². The van der Waals surface area contributed by atoms with Gasteiger partial charge in [-0.05, 0) is 25.1 Å². The molecule has 1 fully saturated rings. The van der Waals surface area contributed by atoms with Crippen LogP contribution in [0.25, 0.3) is 0 Å². The number of rotatable bonds is 5. The number of carboxylic acid groups (broad SMARTS) is 1. The summed E-state index contributed by atoms with van der Waals surface area (Å²) < 4.78 is 6.27. The van der Waals surface area contributed by atoms with Gasteiger partial charge in [0, 0.05) is 26.2 Å². The van der Waals surface area contributed by atoms with Crippen LogP contribution in [0.3, 0.4) is 0 Å². The molecule has 0 amide bonds. The SMILES string of the molecule is C[C@@H](O[Si](C)(C)C(C)(C)C)[C@@H](C(=O)O)N1CCNCC1. The molecule has 0 spiro atoms. The van der Waals surface area contributed by atoms with Gasteiger partial charge in [-0.25, -0.2) is 0 Å². The summed E-state index contributed by atoms with van der Waals surface area (Å²) in [7, 11) is -1.95. The minimum Gasteiger partial charge on any atom is -0.480 e. The van der Waals surface area contributed by atoms with Crippen LogP contribution in [0, 0.1) is 0 Å². The predicted octanol–water partition coefficient (Wildman–Crippen LogP) is 1.76. The Morgan fingerprint density at radius 3 is 2.20 bits per heavy atom. The van der Waals surface area contributed by atoms with Gasteiger partial charge in [-0.3, -0.25) is 9.69 Å². The van der Waals surface area contributed by atoms with Crippen LogP contribution in [-0.4, -0.2) is 62.6 Å². The Morgan fingerprint density at radius 2 is 1.80 bits per heavy atom. The second kappa shape index (κ2) is 6.55. The van der Waals surface area contributed by atoms with Crippen LogP contribution in [0.1, 0.15) is 27.7 Å². The number of nitrogens with one attached hydrogen (secondary N) is 1. The molecule has 2 N–H and O–H groups in total. The number of carbonyl (C=O) groups is 1. The Bertz CT molecular complexity index is 336. The van der Waals surface area contributed by atoms with Gasteiger partial charge < -0.3 is 14.8 Å². The molecule has 20 heavy (non-hydrogen) atoms. The van der Waals surface area contributed by atoms with E-state index in [0.29, 0.717) is 0 Å². The van der Waals surface area contributed by atoms with E-state index >= 15 is 0 Å². The van der Waals surface area contributed by atoms with Crippen LogP contribution in [0.4, 0.5) is 0 Å². The molecule has 1 aliphatic rings. The fourth-order valence-corrected chi connectivity index (χ4v) is 3.73. The highest BCUT2D eigenvalue weighted by Gasteiger charge is 2.42. The zero-order chi connectivity index (χ0) is 15.6. The first-order valence-corrected chi connectivity index (χ1v) is 10.3. The molecule has 0 aromatic rings. The summed E-state index contributed by atoms with van der Waals surface area (Å²) in [6, 6.07) is -0.550. The normalized spacial score (nSPS) is 21.5. The monoisotopic (exact) mass is 302 g/mol. The maximum atomic E-state index is 11.6. The van der Waals surface area contributed by atoms with Gasteiger partial charge in [-0.1, -0.05) is 20.8 Å². The molecule has 1 aliphatic heterocycles. The van der Waals surface area contributed by atoms with Gasteiger partial charge in [0.2, 0.25) is 0 Å². The maximum Gasteiger partial charge on any atom is 0.323 e. The van der Waals surface area contributed by atoms with Crippen LogP contribution in [0.5, 0.6) is 0 Å². The Labute approximate surface area is 123 Å². The molecule has 0 aromatic heterocycles. The molecule has 0 radical (unpaired) electrons. The third-order valence-corrected chi connectivity index (χ3v) is 9.10. The molecule has 6 heteroatoms. The first-order valence-electron chi connectivity index (χ1n) is 7.41. The number of aliphatic carboxylic acids is 1. The van der Waals surface area contributed by atoms with Crippen molar-refractivity contribution in [1.82, 2.24) is 10.2 Å². The Kier molecular flexibility index (Phi) is 5.77. The lowest BCUT2D eigenvalue weighted by atomic mass is 10.1. The highest BCUT2D eigenvalue weighted by atomic mass is 28.4. The third-order valence-electron chi connectivity index (χ3n) is 4.53. The Hall–Kier alpha value is -0.433. The summed E-state index contributed by atoms with van der Waals surface area (Å²) in [5, 5.41) is 12.9. The van der Waals surface area contributed by atoms with Gasteiger partial charge in [0.05, 0.1) is 6.10 Å². The van der Waals surface area contributed by atoms with Crippen molar-refractivity contribution in [3.8, 4) is 0 Å². The molecule has 0 aromatic carbocycles. The van der Waals surface area contributed by atoms with Crippen LogP contribution < -0.4 is 5.32 Å². The van der Waals surface area contributed by atoms with Gasteiger partial charge in [-0.15, -0.1) is 0 Å². The standard InChI is InChI=1S/C14H30N2O3Si/c1-11(19-20(5,6)14(2,3)4)12(13(17)18)16-9-7-15-8-10-16/h11-12,15H,7-10H2,1-6H3,(H,17,18)/t11-,12+/m1/s1. The third kappa shape index (κ3) is 4.28. The van der Waals surface area contributed by atoms with Crippen molar-refractivity contribution in [2.45, 2.75) is 58.0 Å². The van der Waals surface area contributed by atoms with Gasteiger partial charge in [0.15, 0.2) is 8.32 Å². The molecule has 1 rings (SSSR count). The molecular weight excluding hydrogens is 272 g/mol. The lowest BCUT2D eigenvalue weighted by Gasteiger charge is -2.42. The lowest BCUT2D eigenvalue weighted by Crippen LogP contribution is -2.58. The summed E-state index contributed by atoms with van der Waals surface area (Å²) in [5.74, 6) is -0.780. The van der Waals surface area contributed by atoms with E-state index in [2.05, 4.69) is 39.2 Å². The van der Waals surface area contributed by atoms with Gasteiger partial charge in [-0.2, -0.15) is 0 Å². The van der Waals surface area contributed by atoms with Crippen molar-refractivity contribution in [3.05, 3.63) is 0 Å². The second-order valence-corrected chi connectivity index (χ2v) is 11.9. The van der Waals surface area contributed by atoms with E-state index in [1.54, 1.807) is 0 Å². The van der Waals surface area contributed by atoms with Crippen molar-refractivity contribution in [2.24, 2.45) is 0 Å². The summed E-state index contributed by atoms with van der Waals surface area (Å²) in [5.41, 5.74) is 0. The topological polar surface area (TPSA) is 61.8 Å². The van der Waals surface area contributed by atoms with E-state index < -0.39 is 20.3 Å². The summed E-state index contributed by atoms with van der Waals surface area (Å²) in [6.45, 7) is 16.0. The predicted molar refractivity (Wildman–Crippen MR) is 83.6 cm³/mol. The molecule has 1 heterocycles. The summed E-state index contributed by atoms with van der Waals surface area (Å²) in [6.07, 6.45) is -0.286. The highest BCUT2D eigenvalue weighted by molar-refractivity contribution is 6.74. The Balaban J connectivity index is 2.79. The zero-order valence-electron chi connectivity index (χ0n) is 13.7. The van der Waals surface area contributed by atoms with Crippen molar-refractivity contribution >= 4 is 14.3 Å². The van der Waals surface area contributed by atoms with Gasteiger partial charge in [0.25, 0.3) is 0 Å². The molecule has 5 nitrogen and oxygen atoms in total. The number of carboxylic acids is 1. The molecule has 0 aliphatic carbocycles. The fraction of sp³-hybridized carbons (Fsp3) is 0.929. The van der Waals surface area contributed by atoms with Crippen LogP contribution in [0.15, 0.2) is 0 Å². The van der Waals surface area contributed by atoms with E-state index in [-0.39, 0.29) is 11.1 Å². The molecular formula is C14H30N2O3Si. The molecule has 0 saturated carbocycles. The zero-order valence-corrected chi connectivity index (χ0v) is 14.7. The van der Waals surface area contributed by atoms with Crippen LogP contribution >= 0.6 is 0 Å². The van der Waals surface area contributed by atoms with Gasteiger partial charge >= 0.3 is 5.97 Å². The quantitative estimate of drug-likeness (QED) is 0.758. The first kappa shape index (κ1) is 17.6. The van der Waals surface area contributed by atoms with Crippen LogP contribution in [-0.2, 0) is 9.22 Å². The largest absolute Gasteiger partial charge is 0.480 e. The summed E-state index contributed by atoms with van der Waals surface area (Å²) in [4.78, 5) is 13.7. The average molecular weight is 302 g/mol. The molecule has 0 bridgehead atoms.